The van der Waals surface area contributed by atoms with Gasteiger partial charge in [0.05, 0.1) is 11.7 Å². The molecule has 3 N–H and O–H groups in total. The summed E-state index contributed by atoms with van der Waals surface area (Å²) < 4.78 is 0. The predicted octanol–water partition coefficient (Wildman–Crippen LogP) is 3.47. The van der Waals surface area contributed by atoms with E-state index in [0.29, 0.717) is 17.3 Å². The zero-order valence-electron chi connectivity index (χ0n) is 14.6. The van der Waals surface area contributed by atoms with Gasteiger partial charge in [-0.25, -0.2) is 9.97 Å². The molecule has 0 unspecified atom stereocenters. The summed E-state index contributed by atoms with van der Waals surface area (Å²) in [5, 5.41) is 7.28. The lowest BCUT2D eigenvalue weighted by molar-refractivity contribution is 0.0600. The zero-order valence-corrected chi connectivity index (χ0v) is 15.4. The number of benzene rings is 1. The average Bonchev–Trinajstić information content (AvgIpc) is 3.22. The highest BCUT2D eigenvalue weighted by Crippen LogP contribution is 2.37. The van der Waals surface area contributed by atoms with E-state index in [4.69, 9.17) is 17.3 Å². The second-order valence-corrected chi connectivity index (χ2v) is 6.95. The quantitative estimate of drug-likeness (QED) is 0.722. The Morgan fingerprint density at radius 1 is 1.30 bits per heavy atom. The fourth-order valence-electron chi connectivity index (χ4n) is 3.53. The number of amides is 1. The third-order valence-electron chi connectivity index (χ3n) is 4.78. The average molecular weight is 383 g/mol. The first kappa shape index (κ1) is 17.5. The molecule has 0 bridgehead atoms. The van der Waals surface area contributed by atoms with Crippen LogP contribution >= 0.6 is 11.6 Å². The molecule has 0 radical (unpaired) electrons. The van der Waals surface area contributed by atoms with Crippen LogP contribution in [0.5, 0.6) is 0 Å². The molecule has 4 rings (SSSR count). The summed E-state index contributed by atoms with van der Waals surface area (Å²) in [6.07, 6.45) is 6.05. The molecule has 3 aromatic rings. The number of H-pyrrole nitrogens is 1. The van der Waals surface area contributed by atoms with E-state index in [1.165, 1.54) is 0 Å². The van der Waals surface area contributed by atoms with Gasteiger partial charge in [-0.2, -0.15) is 5.10 Å². The molecule has 1 atom stereocenters. The van der Waals surface area contributed by atoms with Gasteiger partial charge in [0.25, 0.3) is 5.91 Å². The molecule has 1 aromatic carbocycles. The Kier molecular flexibility index (Phi) is 4.77. The number of nitrogens with two attached hydrogens (primary N) is 1. The van der Waals surface area contributed by atoms with E-state index in [-0.39, 0.29) is 17.9 Å². The molecule has 3 heterocycles. The second-order valence-electron chi connectivity index (χ2n) is 6.52. The van der Waals surface area contributed by atoms with E-state index < -0.39 is 0 Å². The lowest BCUT2D eigenvalue weighted by Crippen LogP contribution is -2.39. The molecule has 138 valence electrons. The van der Waals surface area contributed by atoms with Gasteiger partial charge < -0.3 is 10.6 Å². The van der Waals surface area contributed by atoms with Crippen LogP contribution in [-0.2, 0) is 0 Å². The van der Waals surface area contributed by atoms with Crippen LogP contribution in [0.4, 0.5) is 5.95 Å². The SMILES string of the molecule is Nc1ncc(-c2cccc(Cl)c2)c([C@H]2CCCCN2C(=O)c2ccn[nH]2)n1. The van der Waals surface area contributed by atoms with Crippen LogP contribution in [0.3, 0.4) is 0 Å². The topological polar surface area (TPSA) is 101 Å². The maximum Gasteiger partial charge on any atom is 0.272 e. The Morgan fingerprint density at radius 3 is 2.96 bits per heavy atom. The third kappa shape index (κ3) is 3.50. The number of anilines is 1. The number of aromatic amines is 1. The maximum atomic E-state index is 13.0. The van der Waals surface area contributed by atoms with Crippen LogP contribution in [0.2, 0.25) is 5.02 Å². The first-order valence-corrected chi connectivity index (χ1v) is 9.20. The Labute approximate surface area is 161 Å². The molecule has 8 heteroatoms. The smallest absolute Gasteiger partial charge is 0.272 e. The van der Waals surface area contributed by atoms with Crippen LogP contribution in [0.1, 0.15) is 41.5 Å². The summed E-state index contributed by atoms with van der Waals surface area (Å²) in [5.74, 6) is 0.0988. The van der Waals surface area contributed by atoms with E-state index in [2.05, 4.69) is 20.2 Å². The highest BCUT2D eigenvalue weighted by molar-refractivity contribution is 6.30. The predicted molar refractivity (Wildman–Crippen MR) is 103 cm³/mol. The zero-order chi connectivity index (χ0) is 18.8. The van der Waals surface area contributed by atoms with Crippen LogP contribution in [0.15, 0.2) is 42.7 Å². The number of nitrogen functional groups attached to an aromatic ring is 1. The number of halogens is 1. The Morgan fingerprint density at radius 2 is 2.19 bits per heavy atom. The standard InChI is InChI=1S/C19H19ClN6O/c20-13-5-3-4-12(10-13)14-11-22-19(21)24-17(14)16-6-1-2-9-26(16)18(27)15-7-8-23-25-15/h3-5,7-8,10-11,16H,1-2,6,9H2,(H,23,25)(H2,21,22,24)/t16-/m1/s1. The van der Waals surface area contributed by atoms with Gasteiger partial charge in [-0.3, -0.25) is 9.89 Å². The van der Waals surface area contributed by atoms with Crippen molar-refractivity contribution in [3.8, 4) is 11.1 Å². The number of hydrogen-bond donors (Lipinski definition) is 2. The van der Waals surface area contributed by atoms with Crippen LogP contribution in [0.25, 0.3) is 11.1 Å². The number of likely N-dealkylation sites (tertiary alicyclic amines) is 1. The van der Waals surface area contributed by atoms with E-state index in [1.807, 2.05) is 29.2 Å². The summed E-state index contributed by atoms with van der Waals surface area (Å²) in [6.45, 7) is 0.654. The maximum absolute atomic E-state index is 13.0. The first-order valence-electron chi connectivity index (χ1n) is 8.82. The van der Waals surface area contributed by atoms with Crippen molar-refractivity contribution in [3.05, 3.63) is 59.1 Å². The van der Waals surface area contributed by atoms with Gasteiger partial charge >= 0.3 is 0 Å². The van der Waals surface area contributed by atoms with Crippen LogP contribution in [0, 0.1) is 0 Å². The molecule has 1 aliphatic heterocycles. The normalized spacial score (nSPS) is 17.1. The minimum Gasteiger partial charge on any atom is -0.368 e. The number of nitrogens with one attached hydrogen (secondary N) is 1. The van der Waals surface area contributed by atoms with E-state index in [0.717, 1.165) is 36.1 Å². The van der Waals surface area contributed by atoms with Gasteiger partial charge in [0, 0.05) is 29.5 Å². The molecule has 1 aliphatic rings. The third-order valence-corrected chi connectivity index (χ3v) is 5.02. The molecular formula is C19H19ClN6O. The molecule has 2 aromatic heterocycles. The number of rotatable bonds is 3. The highest BCUT2D eigenvalue weighted by Gasteiger charge is 2.32. The van der Waals surface area contributed by atoms with E-state index in [1.54, 1.807) is 18.5 Å². The van der Waals surface area contributed by atoms with Crippen molar-refractivity contribution in [2.24, 2.45) is 0 Å². The van der Waals surface area contributed by atoms with Crippen molar-refractivity contribution < 1.29 is 4.79 Å². The van der Waals surface area contributed by atoms with Gasteiger partial charge in [0.2, 0.25) is 5.95 Å². The van der Waals surface area contributed by atoms with Crippen LogP contribution in [-0.4, -0.2) is 37.5 Å². The summed E-state index contributed by atoms with van der Waals surface area (Å²) in [6, 6.07) is 9.01. The molecule has 7 nitrogen and oxygen atoms in total. The Bertz CT molecular complexity index is 959. The van der Waals surface area contributed by atoms with Crippen molar-refractivity contribution >= 4 is 23.5 Å². The molecule has 0 aliphatic carbocycles. The number of nitrogens with zero attached hydrogens (tertiary/aromatic N) is 4. The van der Waals surface area contributed by atoms with Crippen LogP contribution < -0.4 is 5.73 Å². The fraction of sp³-hybridized carbons (Fsp3) is 0.263. The van der Waals surface area contributed by atoms with E-state index >= 15 is 0 Å². The molecule has 0 spiro atoms. The van der Waals surface area contributed by atoms with Gasteiger partial charge in [0.15, 0.2) is 0 Å². The monoisotopic (exact) mass is 382 g/mol. The largest absolute Gasteiger partial charge is 0.368 e. The number of aromatic nitrogens is 4. The summed E-state index contributed by atoms with van der Waals surface area (Å²) in [4.78, 5) is 23.5. The second kappa shape index (κ2) is 7.36. The minimum absolute atomic E-state index is 0.0913. The van der Waals surface area contributed by atoms with Gasteiger partial charge in [-0.1, -0.05) is 23.7 Å². The van der Waals surface area contributed by atoms with Crippen molar-refractivity contribution in [2.45, 2.75) is 25.3 Å². The lowest BCUT2D eigenvalue weighted by Gasteiger charge is -2.36. The number of carbonyl (C=O) groups excluding carboxylic acids is 1. The van der Waals surface area contributed by atoms with Crippen molar-refractivity contribution in [2.75, 3.05) is 12.3 Å². The highest BCUT2D eigenvalue weighted by atomic mass is 35.5. The molecule has 1 fully saturated rings. The molecule has 1 saturated heterocycles. The summed E-state index contributed by atoms with van der Waals surface area (Å²) in [5.41, 5.74) is 8.84. The number of piperidine rings is 1. The lowest BCUT2D eigenvalue weighted by atomic mass is 9.93. The number of hydrogen-bond acceptors (Lipinski definition) is 5. The molecule has 1 amide bonds. The van der Waals surface area contributed by atoms with Gasteiger partial charge in [-0.05, 0) is 43.0 Å². The molecule has 27 heavy (non-hydrogen) atoms. The van der Waals surface area contributed by atoms with Gasteiger partial charge in [-0.15, -0.1) is 0 Å². The summed E-state index contributed by atoms with van der Waals surface area (Å²) in [7, 11) is 0. The van der Waals surface area contributed by atoms with Crippen molar-refractivity contribution in [3.63, 3.8) is 0 Å². The minimum atomic E-state index is -0.186. The van der Waals surface area contributed by atoms with Crippen molar-refractivity contribution in [1.82, 2.24) is 25.1 Å². The Hall–Kier alpha value is -2.93. The first-order chi connectivity index (χ1) is 13.1. The fourth-order valence-corrected chi connectivity index (χ4v) is 3.72. The van der Waals surface area contributed by atoms with Crippen molar-refractivity contribution in [1.29, 1.82) is 0 Å². The summed E-state index contributed by atoms with van der Waals surface area (Å²) >= 11 is 6.17. The molecular weight excluding hydrogens is 364 g/mol. The van der Waals surface area contributed by atoms with Gasteiger partial charge in [0.1, 0.15) is 5.69 Å². The van der Waals surface area contributed by atoms with E-state index in [9.17, 15) is 4.79 Å². The number of carbonyl (C=O) groups is 1. The Balaban J connectivity index is 1.78. The molecule has 0 saturated carbocycles.